The molecule has 0 radical (unpaired) electrons. The second kappa shape index (κ2) is 7.04. The SMILES string of the molecule is C[C@H](Nc1cnn(C[C@@H]2CCCO2)c1)c1ccccc1N(C)C. The van der Waals surface area contributed by atoms with Crippen LogP contribution in [-0.4, -0.2) is 36.6 Å². The second-order valence-electron chi connectivity index (χ2n) is 6.41. The fourth-order valence-corrected chi connectivity index (χ4v) is 3.12. The van der Waals surface area contributed by atoms with Crippen LogP contribution in [0.3, 0.4) is 0 Å². The Kier molecular flexibility index (Phi) is 4.86. The smallest absolute Gasteiger partial charge is 0.0771 e. The summed E-state index contributed by atoms with van der Waals surface area (Å²) in [6.07, 6.45) is 6.57. The lowest BCUT2D eigenvalue weighted by atomic mass is 10.1. The van der Waals surface area contributed by atoms with Gasteiger partial charge in [-0.05, 0) is 31.4 Å². The zero-order valence-electron chi connectivity index (χ0n) is 14.2. The molecule has 1 saturated heterocycles. The molecule has 3 rings (SSSR count). The Morgan fingerprint density at radius 1 is 1.39 bits per heavy atom. The first-order chi connectivity index (χ1) is 11.1. The highest BCUT2D eigenvalue weighted by Crippen LogP contribution is 2.27. The summed E-state index contributed by atoms with van der Waals surface area (Å²) in [5.41, 5.74) is 3.56. The molecule has 0 saturated carbocycles. The minimum absolute atomic E-state index is 0.217. The molecule has 1 aliphatic rings. The van der Waals surface area contributed by atoms with Gasteiger partial charge in [0.2, 0.25) is 0 Å². The van der Waals surface area contributed by atoms with E-state index in [-0.39, 0.29) is 6.04 Å². The monoisotopic (exact) mass is 314 g/mol. The number of benzene rings is 1. The van der Waals surface area contributed by atoms with Crippen LogP contribution in [0.15, 0.2) is 36.7 Å². The van der Waals surface area contributed by atoms with Gasteiger partial charge in [0.1, 0.15) is 0 Å². The van der Waals surface area contributed by atoms with Gasteiger partial charge in [-0.1, -0.05) is 18.2 Å². The van der Waals surface area contributed by atoms with Crippen molar-refractivity contribution in [1.29, 1.82) is 0 Å². The number of anilines is 2. The Morgan fingerprint density at radius 2 is 2.22 bits per heavy atom. The fraction of sp³-hybridized carbons (Fsp3) is 0.500. The number of nitrogens with zero attached hydrogens (tertiary/aromatic N) is 3. The third-order valence-electron chi connectivity index (χ3n) is 4.32. The van der Waals surface area contributed by atoms with Crippen LogP contribution in [0.5, 0.6) is 0 Å². The molecule has 2 heterocycles. The standard InChI is InChI=1S/C18H26N4O/c1-14(17-8-4-5-9-18(17)21(2)3)20-15-11-19-22(12-15)13-16-7-6-10-23-16/h4-5,8-9,11-12,14,16,20H,6-7,10,13H2,1-3H3/t14-,16-/m0/s1. The maximum atomic E-state index is 5.67. The Bertz CT molecular complexity index is 631. The van der Waals surface area contributed by atoms with Gasteiger partial charge in [0, 0.05) is 32.6 Å². The summed E-state index contributed by atoms with van der Waals surface area (Å²) in [7, 11) is 4.15. The second-order valence-corrected chi connectivity index (χ2v) is 6.41. The average molecular weight is 314 g/mol. The summed E-state index contributed by atoms with van der Waals surface area (Å²) in [6, 6.07) is 8.69. The van der Waals surface area contributed by atoms with Crippen LogP contribution in [0.1, 0.15) is 31.4 Å². The molecule has 2 atom stereocenters. The van der Waals surface area contributed by atoms with Crippen molar-refractivity contribution in [3.8, 4) is 0 Å². The van der Waals surface area contributed by atoms with E-state index in [1.165, 1.54) is 11.3 Å². The van der Waals surface area contributed by atoms with Gasteiger partial charge in [-0.25, -0.2) is 0 Å². The Labute approximate surface area is 138 Å². The Morgan fingerprint density at radius 3 is 2.96 bits per heavy atom. The number of para-hydroxylation sites is 1. The minimum Gasteiger partial charge on any atom is -0.377 e. The Hall–Kier alpha value is -2.01. The van der Waals surface area contributed by atoms with E-state index >= 15 is 0 Å². The van der Waals surface area contributed by atoms with Gasteiger partial charge in [-0.2, -0.15) is 5.10 Å². The molecule has 0 unspecified atom stereocenters. The van der Waals surface area contributed by atoms with Gasteiger partial charge < -0.3 is 15.0 Å². The number of aromatic nitrogens is 2. The quantitative estimate of drug-likeness (QED) is 0.888. The predicted octanol–water partition coefficient (Wildman–Crippen LogP) is 3.30. The first-order valence-electron chi connectivity index (χ1n) is 8.30. The first kappa shape index (κ1) is 15.9. The summed E-state index contributed by atoms with van der Waals surface area (Å²) in [5.74, 6) is 0. The molecule has 1 aromatic carbocycles. The van der Waals surface area contributed by atoms with Crippen molar-refractivity contribution in [2.75, 3.05) is 30.9 Å². The van der Waals surface area contributed by atoms with E-state index in [1.807, 2.05) is 10.9 Å². The van der Waals surface area contributed by atoms with Crippen LogP contribution < -0.4 is 10.2 Å². The van der Waals surface area contributed by atoms with Gasteiger partial charge in [-0.3, -0.25) is 4.68 Å². The van der Waals surface area contributed by atoms with Crippen LogP contribution in [0, 0.1) is 0 Å². The molecule has 1 N–H and O–H groups in total. The zero-order chi connectivity index (χ0) is 16.2. The molecule has 23 heavy (non-hydrogen) atoms. The zero-order valence-corrected chi connectivity index (χ0v) is 14.2. The molecule has 5 nitrogen and oxygen atoms in total. The number of hydrogen-bond donors (Lipinski definition) is 1. The van der Waals surface area contributed by atoms with Crippen molar-refractivity contribution in [1.82, 2.24) is 9.78 Å². The van der Waals surface area contributed by atoms with E-state index in [9.17, 15) is 0 Å². The highest BCUT2D eigenvalue weighted by atomic mass is 16.5. The third-order valence-corrected chi connectivity index (χ3v) is 4.32. The fourth-order valence-electron chi connectivity index (χ4n) is 3.12. The van der Waals surface area contributed by atoms with Crippen LogP contribution in [0.25, 0.3) is 0 Å². The molecule has 1 aromatic heterocycles. The molecule has 0 aliphatic carbocycles. The topological polar surface area (TPSA) is 42.3 Å². The minimum atomic E-state index is 0.217. The number of rotatable bonds is 6. The summed E-state index contributed by atoms with van der Waals surface area (Å²) < 4.78 is 7.65. The normalized spacial score (nSPS) is 18.8. The van der Waals surface area contributed by atoms with E-state index in [0.29, 0.717) is 6.10 Å². The number of ether oxygens (including phenoxy) is 1. The summed E-state index contributed by atoms with van der Waals surface area (Å²) in [4.78, 5) is 2.15. The van der Waals surface area contributed by atoms with E-state index in [4.69, 9.17) is 4.74 Å². The largest absolute Gasteiger partial charge is 0.377 e. The van der Waals surface area contributed by atoms with Crippen LogP contribution in [0.4, 0.5) is 11.4 Å². The number of nitrogens with one attached hydrogen (secondary N) is 1. The number of hydrogen-bond acceptors (Lipinski definition) is 4. The van der Waals surface area contributed by atoms with Gasteiger partial charge in [0.15, 0.2) is 0 Å². The highest BCUT2D eigenvalue weighted by Gasteiger charge is 2.17. The van der Waals surface area contributed by atoms with Gasteiger partial charge in [0.25, 0.3) is 0 Å². The molecule has 2 aromatic rings. The van der Waals surface area contributed by atoms with Gasteiger partial charge >= 0.3 is 0 Å². The van der Waals surface area contributed by atoms with E-state index in [0.717, 1.165) is 31.7 Å². The molecular formula is C18H26N4O. The summed E-state index contributed by atoms with van der Waals surface area (Å²) in [5, 5.41) is 8.00. The maximum Gasteiger partial charge on any atom is 0.0771 e. The lowest BCUT2D eigenvalue weighted by Crippen LogP contribution is -2.16. The summed E-state index contributed by atoms with van der Waals surface area (Å²) in [6.45, 7) is 3.90. The van der Waals surface area contributed by atoms with Crippen LogP contribution in [-0.2, 0) is 11.3 Å². The third kappa shape index (κ3) is 3.85. The molecule has 1 aliphatic heterocycles. The predicted molar refractivity (Wildman–Crippen MR) is 94.0 cm³/mol. The van der Waals surface area contributed by atoms with E-state index < -0.39 is 0 Å². The summed E-state index contributed by atoms with van der Waals surface area (Å²) >= 11 is 0. The van der Waals surface area contributed by atoms with Crippen molar-refractivity contribution in [2.24, 2.45) is 0 Å². The first-order valence-corrected chi connectivity index (χ1v) is 8.30. The molecule has 0 bridgehead atoms. The highest BCUT2D eigenvalue weighted by molar-refractivity contribution is 5.56. The molecular weight excluding hydrogens is 288 g/mol. The molecule has 0 amide bonds. The van der Waals surface area contributed by atoms with E-state index in [2.05, 4.69) is 66.8 Å². The Balaban J connectivity index is 1.66. The molecule has 1 fully saturated rings. The van der Waals surface area contributed by atoms with E-state index in [1.54, 1.807) is 0 Å². The van der Waals surface area contributed by atoms with Gasteiger partial charge in [-0.15, -0.1) is 0 Å². The van der Waals surface area contributed by atoms with Crippen molar-refractivity contribution >= 4 is 11.4 Å². The molecule has 124 valence electrons. The van der Waals surface area contributed by atoms with Gasteiger partial charge in [0.05, 0.1) is 30.6 Å². The van der Waals surface area contributed by atoms with Crippen molar-refractivity contribution in [3.05, 3.63) is 42.2 Å². The van der Waals surface area contributed by atoms with Crippen LogP contribution in [0.2, 0.25) is 0 Å². The lowest BCUT2D eigenvalue weighted by Gasteiger charge is -2.22. The lowest BCUT2D eigenvalue weighted by molar-refractivity contribution is 0.0940. The van der Waals surface area contributed by atoms with Crippen molar-refractivity contribution < 1.29 is 4.74 Å². The average Bonchev–Trinajstić information content (AvgIpc) is 3.20. The van der Waals surface area contributed by atoms with Crippen LogP contribution >= 0.6 is 0 Å². The van der Waals surface area contributed by atoms with Crippen molar-refractivity contribution in [2.45, 2.75) is 38.5 Å². The molecule has 0 spiro atoms. The molecule has 5 heteroatoms. The maximum absolute atomic E-state index is 5.67. The van der Waals surface area contributed by atoms with Crippen molar-refractivity contribution in [3.63, 3.8) is 0 Å².